The highest BCUT2D eigenvalue weighted by atomic mass is 35.5. The van der Waals surface area contributed by atoms with E-state index in [1.807, 2.05) is 64.1 Å². The van der Waals surface area contributed by atoms with Crippen molar-refractivity contribution in [1.82, 2.24) is 10.1 Å². The molecule has 0 radical (unpaired) electrons. The van der Waals surface area contributed by atoms with Gasteiger partial charge >= 0.3 is 6.08 Å². The number of hydrogen-bond acceptors (Lipinski definition) is 5. The molecule has 0 unspecified atom stereocenters. The number of benzene rings is 2. The minimum Gasteiger partial charge on any atom is -0.439 e. The van der Waals surface area contributed by atoms with Crippen molar-refractivity contribution >= 4 is 23.2 Å². The summed E-state index contributed by atoms with van der Waals surface area (Å²) in [5, 5.41) is 4.51. The average molecular weight is 400 g/mol. The summed E-state index contributed by atoms with van der Waals surface area (Å²) >= 11 is 6.14. The van der Waals surface area contributed by atoms with Crippen molar-refractivity contribution in [1.29, 1.82) is 0 Å². The Balaban J connectivity index is 1.70. The number of aromatic nitrogens is 2. The van der Waals surface area contributed by atoms with Gasteiger partial charge in [-0.05, 0) is 57.0 Å². The first-order valence-electron chi connectivity index (χ1n) is 8.97. The standard InChI is InChI=1S/C21H22ClN3O3/c1-13(2)25(17-7-5-6-14(3)10-17)19(26)12-27-21-23-20(24-28-21)16-9-8-15(4)18(22)11-16/h5-11,13H,12H2,1-4H3. The number of halogens is 1. The molecule has 3 aromatic rings. The van der Waals surface area contributed by atoms with Crippen LogP contribution in [0.15, 0.2) is 47.0 Å². The Morgan fingerprint density at radius 3 is 2.68 bits per heavy atom. The first-order valence-corrected chi connectivity index (χ1v) is 9.34. The van der Waals surface area contributed by atoms with Crippen LogP contribution >= 0.6 is 11.6 Å². The van der Waals surface area contributed by atoms with E-state index in [2.05, 4.69) is 10.1 Å². The van der Waals surface area contributed by atoms with Crippen molar-refractivity contribution in [3.05, 3.63) is 58.6 Å². The van der Waals surface area contributed by atoms with Crippen LogP contribution in [0, 0.1) is 13.8 Å². The SMILES string of the molecule is Cc1cccc(N(C(=O)COc2nc(-c3ccc(C)c(Cl)c3)no2)C(C)C)c1. The van der Waals surface area contributed by atoms with Gasteiger partial charge in [-0.1, -0.05) is 41.0 Å². The van der Waals surface area contributed by atoms with Gasteiger partial charge in [0.25, 0.3) is 5.91 Å². The van der Waals surface area contributed by atoms with Crippen LogP contribution in [0.1, 0.15) is 25.0 Å². The van der Waals surface area contributed by atoms with E-state index < -0.39 is 0 Å². The Bertz CT molecular complexity index is 985. The van der Waals surface area contributed by atoms with Gasteiger partial charge in [0, 0.05) is 22.3 Å². The first-order chi connectivity index (χ1) is 13.3. The van der Waals surface area contributed by atoms with Crippen LogP contribution < -0.4 is 9.64 Å². The van der Waals surface area contributed by atoms with Gasteiger partial charge in [0.1, 0.15) is 0 Å². The highest BCUT2D eigenvalue weighted by Crippen LogP contribution is 2.25. The first kappa shape index (κ1) is 19.9. The van der Waals surface area contributed by atoms with E-state index in [1.165, 1.54) is 0 Å². The summed E-state index contributed by atoms with van der Waals surface area (Å²) in [6, 6.07) is 13.2. The molecule has 0 spiro atoms. The summed E-state index contributed by atoms with van der Waals surface area (Å²) in [6.45, 7) is 7.60. The molecular weight excluding hydrogens is 378 g/mol. The maximum absolute atomic E-state index is 12.7. The maximum Gasteiger partial charge on any atom is 0.418 e. The Hall–Kier alpha value is -2.86. The lowest BCUT2D eigenvalue weighted by Crippen LogP contribution is -2.40. The summed E-state index contributed by atoms with van der Waals surface area (Å²) < 4.78 is 10.5. The Labute approximate surface area is 169 Å². The zero-order valence-electron chi connectivity index (χ0n) is 16.3. The van der Waals surface area contributed by atoms with Gasteiger partial charge in [-0.3, -0.25) is 9.32 Å². The van der Waals surface area contributed by atoms with Crippen LogP contribution in [-0.2, 0) is 4.79 Å². The fraction of sp³-hybridized carbons (Fsp3) is 0.286. The smallest absolute Gasteiger partial charge is 0.418 e. The zero-order chi connectivity index (χ0) is 20.3. The second kappa shape index (κ2) is 8.44. The molecule has 0 bridgehead atoms. The predicted octanol–water partition coefficient (Wildman–Crippen LogP) is 4.83. The van der Waals surface area contributed by atoms with E-state index in [-0.39, 0.29) is 24.6 Å². The molecule has 0 aliphatic heterocycles. The number of aryl methyl sites for hydroxylation is 2. The van der Waals surface area contributed by atoms with E-state index in [0.717, 1.165) is 16.8 Å². The Morgan fingerprint density at radius 2 is 2.00 bits per heavy atom. The minimum atomic E-state index is -0.206. The van der Waals surface area contributed by atoms with Gasteiger partial charge in [0.2, 0.25) is 5.82 Å². The molecule has 0 aliphatic carbocycles. The Morgan fingerprint density at radius 1 is 1.21 bits per heavy atom. The molecule has 1 heterocycles. The lowest BCUT2D eigenvalue weighted by molar-refractivity contribution is -0.121. The molecule has 0 aliphatic rings. The van der Waals surface area contributed by atoms with Gasteiger partial charge in [-0.2, -0.15) is 4.98 Å². The Kier molecular flexibility index (Phi) is 5.99. The molecule has 146 valence electrons. The molecule has 6 nitrogen and oxygen atoms in total. The monoisotopic (exact) mass is 399 g/mol. The lowest BCUT2D eigenvalue weighted by Gasteiger charge is -2.26. The second-order valence-electron chi connectivity index (χ2n) is 6.83. The fourth-order valence-electron chi connectivity index (χ4n) is 2.82. The number of amides is 1. The zero-order valence-corrected chi connectivity index (χ0v) is 17.0. The molecule has 1 aromatic heterocycles. The van der Waals surface area contributed by atoms with Gasteiger partial charge in [-0.15, -0.1) is 0 Å². The quantitative estimate of drug-likeness (QED) is 0.594. The van der Waals surface area contributed by atoms with Crippen LogP contribution in [0.5, 0.6) is 6.08 Å². The van der Waals surface area contributed by atoms with E-state index in [9.17, 15) is 4.79 Å². The molecule has 0 saturated heterocycles. The molecule has 3 rings (SSSR count). The third-order valence-electron chi connectivity index (χ3n) is 4.22. The number of nitrogens with zero attached hydrogens (tertiary/aromatic N) is 3. The number of rotatable bonds is 6. The molecule has 7 heteroatoms. The van der Waals surface area contributed by atoms with Crippen LogP contribution in [-0.4, -0.2) is 28.7 Å². The fourth-order valence-corrected chi connectivity index (χ4v) is 3.00. The van der Waals surface area contributed by atoms with Crippen molar-refractivity contribution in [3.63, 3.8) is 0 Å². The van der Waals surface area contributed by atoms with Gasteiger partial charge in [0.15, 0.2) is 6.61 Å². The normalized spacial score (nSPS) is 10.9. The minimum absolute atomic E-state index is 0.0224. The van der Waals surface area contributed by atoms with E-state index in [4.69, 9.17) is 20.9 Å². The number of carbonyl (C=O) groups excluding carboxylic acids is 1. The van der Waals surface area contributed by atoms with Crippen LogP contribution in [0.3, 0.4) is 0 Å². The molecule has 0 saturated carbocycles. The summed E-state index contributed by atoms with van der Waals surface area (Å²) in [4.78, 5) is 18.6. The van der Waals surface area contributed by atoms with Gasteiger partial charge < -0.3 is 9.64 Å². The molecule has 28 heavy (non-hydrogen) atoms. The largest absolute Gasteiger partial charge is 0.439 e. The van der Waals surface area contributed by atoms with E-state index in [1.54, 1.807) is 11.0 Å². The van der Waals surface area contributed by atoms with Gasteiger partial charge in [-0.25, -0.2) is 0 Å². The average Bonchev–Trinajstić information content (AvgIpc) is 3.11. The van der Waals surface area contributed by atoms with Crippen molar-refractivity contribution in [3.8, 4) is 17.5 Å². The summed E-state index contributed by atoms with van der Waals surface area (Å²) in [7, 11) is 0. The van der Waals surface area contributed by atoms with Crippen LogP contribution in [0.4, 0.5) is 5.69 Å². The maximum atomic E-state index is 12.7. The molecule has 0 N–H and O–H groups in total. The topological polar surface area (TPSA) is 68.5 Å². The molecule has 0 fully saturated rings. The van der Waals surface area contributed by atoms with Gasteiger partial charge in [0.05, 0.1) is 0 Å². The van der Waals surface area contributed by atoms with E-state index in [0.29, 0.717) is 16.4 Å². The third kappa shape index (κ3) is 4.51. The van der Waals surface area contributed by atoms with Crippen LogP contribution in [0.25, 0.3) is 11.4 Å². The number of anilines is 1. The third-order valence-corrected chi connectivity index (χ3v) is 4.63. The number of ether oxygens (including phenoxy) is 1. The van der Waals surface area contributed by atoms with E-state index >= 15 is 0 Å². The van der Waals surface area contributed by atoms with Crippen LogP contribution in [0.2, 0.25) is 5.02 Å². The molecule has 0 atom stereocenters. The molecule has 2 aromatic carbocycles. The number of hydrogen-bond donors (Lipinski definition) is 0. The summed E-state index contributed by atoms with van der Waals surface area (Å²) in [5.41, 5.74) is 3.57. The van der Waals surface area contributed by atoms with Crippen molar-refractivity contribution in [2.45, 2.75) is 33.7 Å². The predicted molar refractivity (Wildman–Crippen MR) is 109 cm³/mol. The summed E-state index contributed by atoms with van der Waals surface area (Å²) in [5.74, 6) is 0.155. The lowest BCUT2D eigenvalue weighted by atomic mass is 10.1. The van der Waals surface area contributed by atoms with Crippen molar-refractivity contribution in [2.75, 3.05) is 11.5 Å². The van der Waals surface area contributed by atoms with Crippen molar-refractivity contribution in [2.24, 2.45) is 0 Å². The molecule has 1 amide bonds. The molecular formula is C21H22ClN3O3. The highest BCUT2D eigenvalue weighted by Gasteiger charge is 2.21. The number of carbonyl (C=O) groups is 1. The summed E-state index contributed by atoms with van der Waals surface area (Å²) in [6.07, 6.45) is -0.0620. The van der Waals surface area contributed by atoms with Crippen molar-refractivity contribution < 1.29 is 14.1 Å². The highest BCUT2D eigenvalue weighted by molar-refractivity contribution is 6.31. The second-order valence-corrected chi connectivity index (χ2v) is 7.24.